The number of Topliss-reactive ketones (excluding diaryl/α,β-unsaturated/α-hetero) is 1. The number of nitrogens with one attached hydrogen (secondary N) is 1. The van der Waals surface area contributed by atoms with Gasteiger partial charge >= 0.3 is 6.03 Å². The van der Waals surface area contributed by atoms with Crippen LogP contribution in [0.1, 0.15) is 45.4 Å². The predicted molar refractivity (Wildman–Crippen MR) is 109 cm³/mol. The van der Waals surface area contributed by atoms with Crippen molar-refractivity contribution in [1.82, 2.24) is 20.0 Å². The maximum absolute atomic E-state index is 12.7. The van der Waals surface area contributed by atoms with Gasteiger partial charge in [0.25, 0.3) is 0 Å². The number of likely N-dealkylation sites (N-methyl/N-ethyl adjacent to an activating group) is 1. The number of likely N-dealkylation sites (tertiary alicyclic amines) is 1. The van der Waals surface area contributed by atoms with E-state index >= 15 is 0 Å². The first-order chi connectivity index (χ1) is 13.6. The Morgan fingerprint density at radius 1 is 1.29 bits per heavy atom. The summed E-state index contributed by atoms with van der Waals surface area (Å²) in [5.74, 6) is 0.789. The number of hydrogen-bond donors (Lipinski definition) is 1. The van der Waals surface area contributed by atoms with Gasteiger partial charge in [-0.15, -0.1) is 0 Å². The van der Waals surface area contributed by atoms with Gasteiger partial charge in [0.05, 0.1) is 6.61 Å². The van der Waals surface area contributed by atoms with E-state index in [9.17, 15) is 9.59 Å². The Balaban J connectivity index is 1.48. The second-order valence-corrected chi connectivity index (χ2v) is 8.72. The molecule has 2 aliphatic heterocycles. The lowest BCUT2D eigenvalue weighted by Crippen LogP contribution is -2.58. The maximum atomic E-state index is 12.7. The molecular formula is C21H38N4O3. The number of amides is 2. The second-order valence-electron chi connectivity index (χ2n) is 8.72. The molecule has 2 saturated heterocycles. The Morgan fingerprint density at radius 3 is 2.96 bits per heavy atom. The standard InChI is InChI=1S/C21H38N4O3/c1-3-7-25-16-18(14-17-15-19(26)5-6-20(17)25)22-21(27)23(2)9-10-24-8-4-12-28-13-11-24/h17-18,20H,3-16H2,1-2H3,(H,22,27)/t17-,18+,20-/m1/s1. The summed E-state index contributed by atoms with van der Waals surface area (Å²) in [5.41, 5.74) is 0. The number of carbonyl (C=O) groups excluding carboxylic acids is 2. The number of rotatable bonds is 6. The lowest BCUT2D eigenvalue weighted by Gasteiger charge is -2.47. The minimum atomic E-state index is 0.00751. The summed E-state index contributed by atoms with van der Waals surface area (Å²) in [5, 5.41) is 3.25. The SMILES string of the molecule is CCCN1C[C@@H](NC(=O)N(C)CCN2CCCOCC2)C[C@@H]2CC(=O)CC[C@H]21. The molecule has 0 aromatic heterocycles. The van der Waals surface area contributed by atoms with Crippen molar-refractivity contribution in [2.45, 2.75) is 57.5 Å². The topological polar surface area (TPSA) is 65.1 Å². The second kappa shape index (κ2) is 10.6. The molecule has 0 radical (unpaired) electrons. The zero-order valence-electron chi connectivity index (χ0n) is 17.7. The van der Waals surface area contributed by atoms with E-state index in [1.165, 1.54) is 0 Å². The number of carbonyl (C=O) groups is 2. The van der Waals surface area contributed by atoms with E-state index in [0.717, 1.165) is 84.6 Å². The number of urea groups is 1. The summed E-state index contributed by atoms with van der Waals surface area (Å²) in [6, 6.07) is 0.669. The Labute approximate surface area is 169 Å². The van der Waals surface area contributed by atoms with Gasteiger partial charge in [-0.2, -0.15) is 0 Å². The van der Waals surface area contributed by atoms with Crippen LogP contribution in [0.15, 0.2) is 0 Å². The van der Waals surface area contributed by atoms with Crippen molar-refractivity contribution < 1.29 is 14.3 Å². The molecule has 0 aromatic carbocycles. The molecule has 7 heteroatoms. The first kappa shape index (κ1) is 21.5. The molecule has 0 unspecified atom stereocenters. The number of ketones is 1. The van der Waals surface area contributed by atoms with Crippen LogP contribution in [0.3, 0.4) is 0 Å². The number of nitrogens with zero attached hydrogens (tertiary/aromatic N) is 3. The summed E-state index contributed by atoms with van der Waals surface area (Å²) in [6.45, 7) is 9.39. The predicted octanol–water partition coefficient (Wildman–Crippen LogP) is 1.57. The number of ether oxygens (including phenoxy) is 1. The molecule has 28 heavy (non-hydrogen) atoms. The minimum Gasteiger partial charge on any atom is -0.380 e. The van der Waals surface area contributed by atoms with Gasteiger partial charge < -0.3 is 15.0 Å². The van der Waals surface area contributed by atoms with E-state index in [0.29, 0.717) is 24.2 Å². The van der Waals surface area contributed by atoms with Crippen LogP contribution in [0.5, 0.6) is 0 Å². The molecule has 0 bridgehead atoms. The van der Waals surface area contributed by atoms with E-state index in [4.69, 9.17) is 4.74 Å². The highest BCUT2D eigenvalue weighted by Gasteiger charge is 2.39. The minimum absolute atomic E-state index is 0.00751. The molecule has 3 rings (SSSR count). The fourth-order valence-electron chi connectivity index (χ4n) is 5.00. The highest BCUT2D eigenvalue weighted by molar-refractivity contribution is 5.79. The lowest BCUT2D eigenvalue weighted by molar-refractivity contribution is -0.124. The third kappa shape index (κ3) is 5.91. The number of hydrogen-bond acceptors (Lipinski definition) is 5. The first-order valence-corrected chi connectivity index (χ1v) is 11.1. The molecule has 0 aromatic rings. The van der Waals surface area contributed by atoms with Crippen LogP contribution in [0.4, 0.5) is 4.79 Å². The van der Waals surface area contributed by atoms with Gasteiger partial charge in [0.2, 0.25) is 0 Å². The fourth-order valence-corrected chi connectivity index (χ4v) is 5.00. The lowest BCUT2D eigenvalue weighted by atomic mass is 9.76. The molecule has 2 amide bonds. The zero-order valence-corrected chi connectivity index (χ0v) is 17.7. The van der Waals surface area contributed by atoms with E-state index in [2.05, 4.69) is 22.0 Å². The first-order valence-electron chi connectivity index (χ1n) is 11.1. The molecule has 1 saturated carbocycles. The molecule has 160 valence electrons. The van der Waals surface area contributed by atoms with Crippen molar-refractivity contribution in [2.75, 3.05) is 59.5 Å². The van der Waals surface area contributed by atoms with E-state index in [-0.39, 0.29) is 12.1 Å². The van der Waals surface area contributed by atoms with Gasteiger partial charge in [-0.1, -0.05) is 6.92 Å². The largest absolute Gasteiger partial charge is 0.380 e. The number of fused-ring (bicyclic) bond motifs is 1. The van der Waals surface area contributed by atoms with Crippen LogP contribution in [-0.4, -0.2) is 98.1 Å². The monoisotopic (exact) mass is 394 g/mol. The molecular weight excluding hydrogens is 356 g/mol. The van der Waals surface area contributed by atoms with Crippen molar-refractivity contribution in [3.05, 3.63) is 0 Å². The molecule has 3 aliphatic rings. The summed E-state index contributed by atoms with van der Waals surface area (Å²) in [6.07, 6.45) is 5.50. The van der Waals surface area contributed by atoms with Crippen molar-refractivity contribution in [1.29, 1.82) is 0 Å². The van der Waals surface area contributed by atoms with Crippen LogP contribution in [0.25, 0.3) is 0 Å². The highest BCUT2D eigenvalue weighted by Crippen LogP contribution is 2.34. The molecule has 3 atom stereocenters. The van der Waals surface area contributed by atoms with Crippen molar-refractivity contribution in [3.63, 3.8) is 0 Å². The molecule has 3 fully saturated rings. The quantitative estimate of drug-likeness (QED) is 0.741. The van der Waals surface area contributed by atoms with Gasteiger partial charge in [-0.25, -0.2) is 4.79 Å². The van der Waals surface area contributed by atoms with Gasteiger partial charge in [-0.05, 0) is 38.1 Å². The van der Waals surface area contributed by atoms with E-state index in [1.807, 2.05) is 7.05 Å². The van der Waals surface area contributed by atoms with Gasteiger partial charge in [0, 0.05) is 71.3 Å². The average molecular weight is 395 g/mol. The van der Waals surface area contributed by atoms with Crippen LogP contribution in [-0.2, 0) is 9.53 Å². The summed E-state index contributed by atoms with van der Waals surface area (Å²) >= 11 is 0. The highest BCUT2D eigenvalue weighted by atomic mass is 16.5. The van der Waals surface area contributed by atoms with Crippen molar-refractivity contribution in [2.24, 2.45) is 5.92 Å². The Hall–Kier alpha value is -1.18. The normalized spacial score (nSPS) is 29.8. The Kier molecular flexibility index (Phi) is 8.11. The molecule has 1 N–H and O–H groups in total. The van der Waals surface area contributed by atoms with Crippen LogP contribution >= 0.6 is 0 Å². The Morgan fingerprint density at radius 2 is 2.14 bits per heavy atom. The summed E-state index contributed by atoms with van der Waals surface area (Å²) in [4.78, 5) is 31.4. The van der Waals surface area contributed by atoms with Crippen LogP contribution in [0.2, 0.25) is 0 Å². The average Bonchev–Trinajstić information content (AvgIpc) is 2.94. The number of piperidine rings is 1. The van der Waals surface area contributed by atoms with Gasteiger partial charge in [-0.3, -0.25) is 14.6 Å². The third-order valence-corrected chi connectivity index (χ3v) is 6.52. The molecule has 1 aliphatic carbocycles. The third-order valence-electron chi connectivity index (χ3n) is 6.52. The van der Waals surface area contributed by atoms with E-state index in [1.54, 1.807) is 4.90 Å². The maximum Gasteiger partial charge on any atom is 0.317 e. The summed E-state index contributed by atoms with van der Waals surface area (Å²) in [7, 11) is 1.88. The van der Waals surface area contributed by atoms with Crippen LogP contribution < -0.4 is 5.32 Å². The molecule has 0 spiro atoms. The summed E-state index contributed by atoms with van der Waals surface area (Å²) < 4.78 is 5.50. The van der Waals surface area contributed by atoms with Crippen molar-refractivity contribution >= 4 is 11.8 Å². The zero-order chi connectivity index (χ0) is 19.9. The Bertz CT molecular complexity index is 522. The van der Waals surface area contributed by atoms with Gasteiger partial charge in [0.1, 0.15) is 5.78 Å². The smallest absolute Gasteiger partial charge is 0.317 e. The van der Waals surface area contributed by atoms with Crippen molar-refractivity contribution in [3.8, 4) is 0 Å². The molecule has 2 heterocycles. The molecule has 7 nitrogen and oxygen atoms in total. The van der Waals surface area contributed by atoms with Crippen LogP contribution in [0, 0.1) is 5.92 Å². The van der Waals surface area contributed by atoms with Gasteiger partial charge in [0.15, 0.2) is 0 Å². The fraction of sp³-hybridized carbons (Fsp3) is 0.905. The van der Waals surface area contributed by atoms with E-state index < -0.39 is 0 Å².